The van der Waals surface area contributed by atoms with Gasteiger partial charge in [-0.05, 0) is 23.0 Å². The molecule has 1 amide bonds. The van der Waals surface area contributed by atoms with Gasteiger partial charge in [0, 0.05) is 6.42 Å². The van der Waals surface area contributed by atoms with E-state index in [0.717, 1.165) is 5.56 Å². The molecule has 0 saturated carbocycles. The standard InChI is InChI=1S/C16H24F2N2O.ClH/c1-11(2)13-4-6-14(7-5-13)12(3)8-15(21)20-10-16(17,18)9-19;/h4-7,11-12H,8-10,19H2,1-3H3,(H,20,21);1H. The Morgan fingerprint density at radius 2 is 1.68 bits per heavy atom. The summed E-state index contributed by atoms with van der Waals surface area (Å²) in [4.78, 5) is 11.7. The van der Waals surface area contributed by atoms with Crippen LogP contribution >= 0.6 is 12.4 Å². The largest absolute Gasteiger partial charge is 0.350 e. The molecule has 1 aromatic rings. The second-order valence-electron chi connectivity index (χ2n) is 5.76. The number of carbonyl (C=O) groups excluding carboxylic acids is 1. The Morgan fingerprint density at radius 1 is 1.18 bits per heavy atom. The first-order valence-corrected chi connectivity index (χ1v) is 7.19. The lowest BCUT2D eigenvalue weighted by molar-refractivity contribution is -0.123. The number of nitrogens with two attached hydrogens (primary N) is 1. The maximum atomic E-state index is 13.0. The fourth-order valence-electron chi connectivity index (χ4n) is 1.98. The average molecular weight is 335 g/mol. The molecule has 0 spiro atoms. The number of hydrogen-bond donors (Lipinski definition) is 2. The zero-order chi connectivity index (χ0) is 16.0. The Morgan fingerprint density at radius 3 is 2.14 bits per heavy atom. The average Bonchev–Trinajstić information content (AvgIpc) is 2.45. The van der Waals surface area contributed by atoms with Gasteiger partial charge >= 0.3 is 0 Å². The van der Waals surface area contributed by atoms with Crippen LogP contribution in [0.25, 0.3) is 0 Å². The molecule has 0 aliphatic heterocycles. The second kappa shape index (κ2) is 9.06. The van der Waals surface area contributed by atoms with Crippen molar-refractivity contribution in [1.82, 2.24) is 5.32 Å². The van der Waals surface area contributed by atoms with Crippen LogP contribution in [-0.4, -0.2) is 24.9 Å². The SMILES string of the molecule is CC(C)c1ccc(C(C)CC(=O)NCC(F)(F)CN)cc1.Cl. The fraction of sp³-hybridized carbons (Fsp3) is 0.562. The molecule has 0 fully saturated rings. The van der Waals surface area contributed by atoms with Crippen molar-refractivity contribution in [3.05, 3.63) is 35.4 Å². The Kier molecular flexibility index (Phi) is 8.56. The highest BCUT2D eigenvalue weighted by Crippen LogP contribution is 2.22. The van der Waals surface area contributed by atoms with Crippen molar-refractivity contribution in [3.8, 4) is 0 Å². The smallest absolute Gasteiger partial charge is 0.277 e. The van der Waals surface area contributed by atoms with Gasteiger partial charge in [0.1, 0.15) is 0 Å². The summed E-state index contributed by atoms with van der Waals surface area (Å²) >= 11 is 0. The molecule has 3 nitrogen and oxygen atoms in total. The molecular weight excluding hydrogens is 310 g/mol. The van der Waals surface area contributed by atoms with Gasteiger partial charge in [-0.2, -0.15) is 0 Å². The van der Waals surface area contributed by atoms with Gasteiger partial charge in [-0.15, -0.1) is 12.4 Å². The van der Waals surface area contributed by atoms with Crippen LogP contribution in [0.4, 0.5) is 8.78 Å². The molecule has 0 radical (unpaired) electrons. The molecule has 6 heteroatoms. The van der Waals surface area contributed by atoms with E-state index >= 15 is 0 Å². The minimum atomic E-state index is -3.04. The molecule has 22 heavy (non-hydrogen) atoms. The monoisotopic (exact) mass is 334 g/mol. The Balaban J connectivity index is 0.00000441. The van der Waals surface area contributed by atoms with Crippen molar-refractivity contribution in [3.63, 3.8) is 0 Å². The molecule has 0 bridgehead atoms. The summed E-state index contributed by atoms with van der Waals surface area (Å²) in [5.41, 5.74) is 7.18. The Labute approximate surface area is 137 Å². The van der Waals surface area contributed by atoms with Crippen molar-refractivity contribution in [2.24, 2.45) is 5.73 Å². The number of hydrogen-bond acceptors (Lipinski definition) is 2. The fourth-order valence-corrected chi connectivity index (χ4v) is 1.98. The number of rotatable bonds is 7. The number of halogens is 3. The van der Waals surface area contributed by atoms with Gasteiger partial charge in [-0.1, -0.05) is 45.0 Å². The van der Waals surface area contributed by atoms with Crippen molar-refractivity contribution >= 4 is 18.3 Å². The minimum Gasteiger partial charge on any atom is -0.350 e. The van der Waals surface area contributed by atoms with Crippen molar-refractivity contribution in [1.29, 1.82) is 0 Å². The highest BCUT2D eigenvalue weighted by Gasteiger charge is 2.27. The summed E-state index contributed by atoms with van der Waals surface area (Å²) in [6.07, 6.45) is 0.182. The van der Waals surface area contributed by atoms with Gasteiger partial charge in [0.25, 0.3) is 5.92 Å². The number of amides is 1. The zero-order valence-electron chi connectivity index (χ0n) is 13.2. The van der Waals surface area contributed by atoms with Crippen molar-refractivity contribution in [2.45, 2.75) is 45.0 Å². The van der Waals surface area contributed by atoms with E-state index < -0.39 is 19.0 Å². The van der Waals surface area contributed by atoms with Crippen LogP contribution in [0.5, 0.6) is 0 Å². The van der Waals surface area contributed by atoms with E-state index in [0.29, 0.717) is 5.92 Å². The lowest BCUT2D eigenvalue weighted by atomic mass is 9.94. The van der Waals surface area contributed by atoms with Gasteiger partial charge in [-0.25, -0.2) is 8.78 Å². The number of alkyl halides is 2. The van der Waals surface area contributed by atoms with Gasteiger partial charge in [0.2, 0.25) is 5.91 Å². The van der Waals surface area contributed by atoms with Crippen LogP contribution < -0.4 is 11.1 Å². The summed E-state index contributed by atoms with van der Waals surface area (Å²) in [6.45, 7) is 4.67. The second-order valence-corrected chi connectivity index (χ2v) is 5.76. The third-order valence-corrected chi connectivity index (χ3v) is 3.51. The first kappa shape index (κ1) is 20.8. The third kappa shape index (κ3) is 6.71. The van der Waals surface area contributed by atoms with Crippen LogP contribution in [0.1, 0.15) is 50.2 Å². The van der Waals surface area contributed by atoms with Crippen molar-refractivity contribution < 1.29 is 13.6 Å². The molecule has 0 aromatic heterocycles. The van der Waals surface area contributed by atoms with Gasteiger partial charge in [-0.3, -0.25) is 4.79 Å². The first-order valence-electron chi connectivity index (χ1n) is 7.19. The van der Waals surface area contributed by atoms with E-state index in [2.05, 4.69) is 19.2 Å². The van der Waals surface area contributed by atoms with Gasteiger partial charge in [0.15, 0.2) is 0 Å². The van der Waals surface area contributed by atoms with Gasteiger partial charge < -0.3 is 11.1 Å². The third-order valence-electron chi connectivity index (χ3n) is 3.51. The van der Waals surface area contributed by atoms with Crippen LogP contribution in [0.15, 0.2) is 24.3 Å². The molecule has 0 saturated heterocycles. The molecule has 0 heterocycles. The highest BCUT2D eigenvalue weighted by molar-refractivity contribution is 5.85. The van der Waals surface area contributed by atoms with E-state index in [1.807, 2.05) is 31.2 Å². The minimum absolute atomic E-state index is 0. The molecule has 126 valence electrons. The molecule has 1 unspecified atom stereocenters. The number of benzene rings is 1. The topological polar surface area (TPSA) is 55.1 Å². The molecule has 0 aliphatic carbocycles. The lowest BCUT2D eigenvalue weighted by Crippen LogP contribution is -2.41. The van der Waals surface area contributed by atoms with E-state index in [9.17, 15) is 13.6 Å². The predicted molar refractivity (Wildman–Crippen MR) is 87.8 cm³/mol. The quantitative estimate of drug-likeness (QED) is 0.802. The summed E-state index contributed by atoms with van der Waals surface area (Å²) in [7, 11) is 0. The van der Waals surface area contributed by atoms with Gasteiger partial charge in [0.05, 0.1) is 13.1 Å². The molecule has 1 rings (SSSR count). The summed E-state index contributed by atoms with van der Waals surface area (Å²) in [5.74, 6) is -2.99. The normalized spacial score (nSPS) is 12.7. The predicted octanol–water partition coefficient (Wildman–Crippen LogP) is 3.44. The zero-order valence-corrected chi connectivity index (χ0v) is 14.1. The maximum Gasteiger partial charge on any atom is 0.277 e. The Bertz CT molecular complexity index is 464. The molecule has 3 N–H and O–H groups in total. The van der Waals surface area contributed by atoms with E-state index in [-0.39, 0.29) is 30.7 Å². The first-order chi connectivity index (χ1) is 9.75. The summed E-state index contributed by atoms with van der Waals surface area (Å²) in [6, 6.07) is 8.05. The van der Waals surface area contributed by atoms with E-state index in [4.69, 9.17) is 5.73 Å². The molecule has 1 atom stereocenters. The van der Waals surface area contributed by atoms with Crippen LogP contribution in [0.3, 0.4) is 0 Å². The van der Waals surface area contributed by atoms with Crippen LogP contribution in [0.2, 0.25) is 0 Å². The molecule has 1 aromatic carbocycles. The number of carbonyl (C=O) groups is 1. The molecular formula is C16H25ClF2N2O. The number of nitrogens with one attached hydrogen (secondary N) is 1. The Hall–Kier alpha value is -1.20. The van der Waals surface area contributed by atoms with E-state index in [1.54, 1.807) is 0 Å². The van der Waals surface area contributed by atoms with Crippen LogP contribution in [0, 0.1) is 0 Å². The summed E-state index contributed by atoms with van der Waals surface area (Å²) in [5, 5.41) is 2.24. The molecule has 0 aliphatic rings. The summed E-state index contributed by atoms with van der Waals surface area (Å²) < 4.78 is 25.9. The highest BCUT2D eigenvalue weighted by atomic mass is 35.5. The van der Waals surface area contributed by atoms with E-state index in [1.165, 1.54) is 5.56 Å². The maximum absolute atomic E-state index is 13.0. The van der Waals surface area contributed by atoms with Crippen LogP contribution in [-0.2, 0) is 4.79 Å². The van der Waals surface area contributed by atoms with Crippen molar-refractivity contribution in [2.75, 3.05) is 13.1 Å². The lowest BCUT2D eigenvalue weighted by Gasteiger charge is -2.17.